The van der Waals surface area contributed by atoms with Crippen LogP contribution in [-0.2, 0) is 13.8 Å². The number of ether oxygens (including phenoxy) is 1. The van der Waals surface area contributed by atoms with E-state index in [1.807, 2.05) is 6.92 Å². The number of rotatable bonds is 6. The van der Waals surface area contributed by atoms with Gasteiger partial charge < -0.3 is 10.1 Å². The first kappa shape index (κ1) is 18.4. The minimum atomic E-state index is -4.01. The Morgan fingerprint density at radius 3 is 2.48 bits per heavy atom. The molecule has 118 valence electrons. The summed E-state index contributed by atoms with van der Waals surface area (Å²) in [6, 6.07) is 2.29. The minimum Gasteiger partial charge on any atom is -0.479 e. The molecule has 21 heavy (non-hydrogen) atoms. The molecular weight excluding hydrogens is 361 g/mol. The van der Waals surface area contributed by atoms with Crippen molar-refractivity contribution in [1.29, 1.82) is 0 Å². The molecule has 1 aromatic carbocycles. The summed E-state index contributed by atoms with van der Waals surface area (Å²) in [6.45, 7) is 4.00. The summed E-state index contributed by atoms with van der Waals surface area (Å²) in [6.07, 6.45) is -0.00331. The fourth-order valence-electron chi connectivity index (χ4n) is 1.42. The molecule has 0 aliphatic rings. The van der Waals surface area contributed by atoms with Crippen molar-refractivity contribution in [2.75, 3.05) is 6.54 Å². The first-order valence-electron chi connectivity index (χ1n) is 6.05. The highest BCUT2D eigenvalue weighted by Gasteiger charge is 2.21. The van der Waals surface area contributed by atoms with Crippen LogP contribution in [0.4, 0.5) is 0 Å². The number of amides is 1. The van der Waals surface area contributed by atoms with Crippen LogP contribution in [0.15, 0.2) is 17.0 Å². The van der Waals surface area contributed by atoms with Crippen molar-refractivity contribution in [3.8, 4) is 5.75 Å². The topological polar surface area (TPSA) is 72.5 Å². The highest BCUT2D eigenvalue weighted by atomic mass is 35.7. The van der Waals surface area contributed by atoms with Crippen molar-refractivity contribution in [2.24, 2.45) is 0 Å². The van der Waals surface area contributed by atoms with Crippen LogP contribution in [0.3, 0.4) is 0 Å². The Labute approximate surface area is 137 Å². The molecule has 1 amide bonds. The maximum atomic E-state index is 11.7. The molecule has 1 atom stereocenters. The molecule has 1 aromatic rings. The molecule has 0 fully saturated rings. The molecule has 0 spiro atoms. The van der Waals surface area contributed by atoms with Crippen LogP contribution in [0.25, 0.3) is 0 Å². The first-order chi connectivity index (χ1) is 9.66. The Kier molecular flexibility index (Phi) is 6.59. The molecule has 5 nitrogen and oxygen atoms in total. The Morgan fingerprint density at radius 2 is 1.95 bits per heavy atom. The largest absolute Gasteiger partial charge is 0.479 e. The normalized spacial score (nSPS) is 12.8. The van der Waals surface area contributed by atoms with Crippen LogP contribution >= 0.6 is 33.9 Å². The van der Waals surface area contributed by atoms with E-state index in [4.69, 9.17) is 38.6 Å². The van der Waals surface area contributed by atoms with Crippen LogP contribution in [0.2, 0.25) is 10.0 Å². The standard InChI is InChI=1S/C12H14Cl3NO4S/c1-3-4-16-12(17)7(2)20-10-5-9(14)11(6-8(10)13)21(15,18)19/h5-7H,3-4H2,1-2H3,(H,16,17). The van der Waals surface area contributed by atoms with E-state index in [0.717, 1.165) is 12.5 Å². The van der Waals surface area contributed by atoms with Gasteiger partial charge in [0.2, 0.25) is 0 Å². The van der Waals surface area contributed by atoms with Gasteiger partial charge in [0.15, 0.2) is 6.10 Å². The molecule has 9 heteroatoms. The number of nitrogens with one attached hydrogen (secondary N) is 1. The third-order valence-corrected chi connectivity index (χ3v) is 4.55. The minimum absolute atomic E-state index is 0.00577. The molecule has 0 saturated heterocycles. The van der Waals surface area contributed by atoms with E-state index in [9.17, 15) is 13.2 Å². The van der Waals surface area contributed by atoms with E-state index in [0.29, 0.717) is 6.54 Å². The Morgan fingerprint density at radius 1 is 1.33 bits per heavy atom. The van der Waals surface area contributed by atoms with Crippen molar-refractivity contribution < 1.29 is 17.9 Å². The summed E-state index contributed by atoms with van der Waals surface area (Å²) in [4.78, 5) is 11.4. The van der Waals surface area contributed by atoms with E-state index < -0.39 is 15.2 Å². The predicted molar refractivity (Wildman–Crippen MR) is 82.9 cm³/mol. The van der Waals surface area contributed by atoms with Gasteiger partial charge >= 0.3 is 0 Å². The maximum Gasteiger partial charge on any atom is 0.262 e. The zero-order valence-corrected chi connectivity index (χ0v) is 14.4. The number of halogens is 3. The van der Waals surface area contributed by atoms with Crippen molar-refractivity contribution in [3.05, 3.63) is 22.2 Å². The molecular formula is C12H14Cl3NO4S. The Bertz CT molecular complexity index is 634. The second-order valence-electron chi connectivity index (χ2n) is 4.20. The SMILES string of the molecule is CCCNC(=O)C(C)Oc1cc(Cl)c(S(=O)(=O)Cl)cc1Cl. The maximum absolute atomic E-state index is 11.7. The van der Waals surface area contributed by atoms with Crippen LogP contribution in [0.5, 0.6) is 5.75 Å². The fraction of sp³-hybridized carbons (Fsp3) is 0.417. The van der Waals surface area contributed by atoms with Gasteiger partial charge in [-0.3, -0.25) is 4.79 Å². The van der Waals surface area contributed by atoms with Gasteiger partial charge in [-0.2, -0.15) is 0 Å². The molecule has 0 aliphatic heterocycles. The smallest absolute Gasteiger partial charge is 0.262 e. The quantitative estimate of drug-likeness (QED) is 0.776. The van der Waals surface area contributed by atoms with Gasteiger partial charge in [-0.1, -0.05) is 30.1 Å². The van der Waals surface area contributed by atoms with Crippen molar-refractivity contribution in [1.82, 2.24) is 5.32 Å². The third-order valence-electron chi connectivity index (χ3n) is 2.47. The third kappa shape index (κ3) is 5.21. The number of carbonyl (C=O) groups excluding carboxylic acids is 1. The van der Waals surface area contributed by atoms with E-state index in [-0.39, 0.29) is 26.6 Å². The van der Waals surface area contributed by atoms with Crippen LogP contribution in [0.1, 0.15) is 20.3 Å². The molecule has 1 N–H and O–H groups in total. The lowest BCUT2D eigenvalue weighted by Gasteiger charge is -2.16. The van der Waals surface area contributed by atoms with Crippen LogP contribution < -0.4 is 10.1 Å². The van der Waals surface area contributed by atoms with Crippen molar-refractivity contribution in [3.63, 3.8) is 0 Å². The van der Waals surface area contributed by atoms with Gasteiger partial charge in [0.05, 0.1) is 10.0 Å². The van der Waals surface area contributed by atoms with Crippen molar-refractivity contribution >= 4 is 48.8 Å². The van der Waals surface area contributed by atoms with Gasteiger partial charge in [-0.05, 0) is 19.4 Å². The molecule has 0 bridgehead atoms. The highest BCUT2D eigenvalue weighted by molar-refractivity contribution is 8.13. The number of benzene rings is 1. The van der Waals surface area contributed by atoms with Gasteiger partial charge in [0.1, 0.15) is 10.6 Å². The molecule has 0 saturated carbocycles. The first-order valence-corrected chi connectivity index (χ1v) is 9.11. The second-order valence-corrected chi connectivity index (χ2v) is 7.55. The van der Waals surface area contributed by atoms with Gasteiger partial charge in [0, 0.05) is 23.3 Å². The summed E-state index contributed by atoms with van der Waals surface area (Å²) in [5.41, 5.74) is 0. The monoisotopic (exact) mass is 373 g/mol. The number of hydrogen-bond donors (Lipinski definition) is 1. The Balaban J connectivity index is 2.96. The Hall–Kier alpha value is -0.690. The van der Waals surface area contributed by atoms with E-state index >= 15 is 0 Å². The molecule has 0 aromatic heterocycles. The molecule has 0 radical (unpaired) electrons. The average molecular weight is 375 g/mol. The lowest BCUT2D eigenvalue weighted by molar-refractivity contribution is -0.127. The highest BCUT2D eigenvalue weighted by Crippen LogP contribution is 2.35. The number of hydrogen-bond acceptors (Lipinski definition) is 4. The van der Waals surface area contributed by atoms with Crippen LogP contribution in [-0.4, -0.2) is 27.0 Å². The molecule has 0 aliphatic carbocycles. The van der Waals surface area contributed by atoms with Gasteiger partial charge in [-0.15, -0.1) is 0 Å². The van der Waals surface area contributed by atoms with Crippen LogP contribution in [0, 0.1) is 0 Å². The zero-order chi connectivity index (χ0) is 16.2. The average Bonchev–Trinajstić information content (AvgIpc) is 2.38. The number of carbonyl (C=O) groups is 1. The fourth-order valence-corrected chi connectivity index (χ4v) is 3.21. The van der Waals surface area contributed by atoms with E-state index in [1.54, 1.807) is 6.92 Å². The summed E-state index contributed by atoms with van der Waals surface area (Å²) >= 11 is 11.8. The lowest BCUT2D eigenvalue weighted by atomic mass is 10.3. The summed E-state index contributed by atoms with van der Waals surface area (Å²) in [5, 5.41) is 2.53. The molecule has 1 rings (SSSR count). The summed E-state index contributed by atoms with van der Waals surface area (Å²) < 4.78 is 28.0. The van der Waals surface area contributed by atoms with Gasteiger partial charge in [-0.25, -0.2) is 8.42 Å². The predicted octanol–water partition coefficient (Wildman–Crippen LogP) is 3.21. The molecule has 1 unspecified atom stereocenters. The zero-order valence-electron chi connectivity index (χ0n) is 11.3. The van der Waals surface area contributed by atoms with Gasteiger partial charge in [0.25, 0.3) is 15.0 Å². The lowest BCUT2D eigenvalue weighted by Crippen LogP contribution is -2.36. The van der Waals surface area contributed by atoms with Crippen molar-refractivity contribution in [2.45, 2.75) is 31.3 Å². The summed E-state index contributed by atoms with van der Waals surface area (Å²) in [5.74, 6) is -0.206. The summed E-state index contributed by atoms with van der Waals surface area (Å²) in [7, 11) is 1.22. The van der Waals surface area contributed by atoms with E-state index in [2.05, 4.69) is 5.32 Å². The molecule has 0 heterocycles. The van der Waals surface area contributed by atoms with E-state index in [1.165, 1.54) is 6.07 Å². The second kappa shape index (κ2) is 7.54.